The Morgan fingerprint density at radius 3 is 2.56 bits per heavy atom. The van der Waals surface area contributed by atoms with Crippen molar-refractivity contribution in [2.24, 2.45) is 5.92 Å². The van der Waals surface area contributed by atoms with Crippen LogP contribution in [0.2, 0.25) is 0 Å². The summed E-state index contributed by atoms with van der Waals surface area (Å²) in [5.74, 6) is -1.75. The number of anilines is 1. The van der Waals surface area contributed by atoms with Crippen LogP contribution < -0.4 is 10.6 Å². The number of hydrogen-bond donors (Lipinski definition) is 2. The van der Waals surface area contributed by atoms with Gasteiger partial charge in [-0.2, -0.15) is 0 Å². The van der Waals surface area contributed by atoms with Crippen LogP contribution in [0.3, 0.4) is 0 Å². The van der Waals surface area contributed by atoms with Gasteiger partial charge in [0.05, 0.1) is 0 Å². The first-order valence-electron chi connectivity index (χ1n) is 11.9. The summed E-state index contributed by atoms with van der Waals surface area (Å²) in [6.07, 6.45) is 1.74. The van der Waals surface area contributed by atoms with Gasteiger partial charge in [0.1, 0.15) is 28.6 Å². The molecule has 10 heteroatoms. The second kappa shape index (κ2) is 11.4. The van der Waals surface area contributed by atoms with Gasteiger partial charge in [-0.1, -0.05) is 60.8 Å². The van der Waals surface area contributed by atoms with Crippen LogP contribution in [0.25, 0.3) is 11.3 Å². The van der Waals surface area contributed by atoms with Crippen molar-refractivity contribution in [1.29, 1.82) is 0 Å². The average molecular weight is 510 g/mol. The van der Waals surface area contributed by atoms with Crippen molar-refractivity contribution < 1.29 is 18.8 Å². The number of halogens is 1. The largest absolute Gasteiger partial charge is 0.340 e. The van der Waals surface area contributed by atoms with Gasteiger partial charge in [-0.25, -0.2) is 4.39 Å². The molecule has 4 rings (SSSR count). The van der Waals surface area contributed by atoms with Gasteiger partial charge in [-0.15, -0.1) is 5.10 Å². The number of carbonyl (C=O) groups excluding carboxylic acids is 3. The number of nitrogens with one attached hydrogen (secondary N) is 2. The van der Waals surface area contributed by atoms with Crippen molar-refractivity contribution in [2.75, 3.05) is 11.9 Å². The fraction of sp³-hybridized carbons (Fsp3) is 0.346. The van der Waals surface area contributed by atoms with E-state index in [0.717, 1.165) is 17.1 Å². The maximum absolute atomic E-state index is 13.7. The molecule has 188 valence electrons. The lowest BCUT2D eigenvalue weighted by molar-refractivity contribution is -0.140. The Labute approximate surface area is 213 Å². The van der Waals surface area contributed by atoms with Gasteiger partial charge in [-0.05, 0) is 37.0 Å². The van der Waals surface area contributed by atoms with Gasteiger partial charge in [0.2, 0.25) is 17.7 Å². The third-order valence-electron chi connectivity index (χ3n) is 6.41. The van der Waals surface area contributed by atoms with E-state index in [0.29, 0.717) is 42.1 Å². The number of rotatable bonds is 8. The lowest BCUT2D eigenvalue weighted by Crippen LogP contribution is -2.49. The topological polar surface area (TPSA) is 104 Å². The van der Waals surface area contributed by atoms with Crippen molar-refractivity contribution in [1.82, 2.24) is 19.8 Å². The van der Waals surface area contributed by atoms with Gasteiger partial charge < -0.3 is 15.5 Å². The van der Waals surface area contributed by atoms with Crippen LogP contribution in [0, 0.1) is 11.7 Å². The van der Waals surface area contributed by atoms with Gasteiger partial charge in [0, 0.05) is 29.6 Å². The minimum Gasteiger partial charge on any atom is -0.340 e. The first-order chi connectivity index (χ1) is 17.4. The molecule has 2 N–H and O–H groups in total. The number of amides is 3. The highest BCUT2D eigenvalue weighted by Gasteiger charge is 2.39. The van der Waals surface area contributed by atoms with Gasteiger partial charge in [0.25, 0.3) is 0 Å². The second-order valence-corrected chi connectivity index (χ2v) is 9.55. The molecule has 0 aliphatic carbocycles. The summed E-state index contributed by atoms with van der Waals surface area (Å²) >= 11 is 1.07. The Hall–Kier alpha value is -3.66. The number of likely N-dealkylation sites (tertiary alicyclic amines) is 1. The van der Waals surface area contributed by atoms with E-state index in [9.17, 15) is 18.8 Å². The van der Waals surface area contributed by atoms with E-state index in [1.807, 2.05) is 37.3 Å². The van der Waals surface area contributed by atoms with Crippen molar-refractivity contribution in [3.63, 3.8) is 0 Å². The predicted molar refractivity (Wildman–Crippen MR) is 135 cm³/mol. The van der Waals surface area contributed by atoms with E-state index in [2.05, 4.69) is 20.2 Å². The zero-order chi connectivity index (χ0) is 25.7. The summed E-state index contributed by atoms with van der Waals surface area (Å²) in [5, 5.41) is 10.4. The van der Waals surface area contributed by atoms with E-state index in [-0.39, 0.29) is 17.7 Å². The molecule has 3 atom stereocenters. The Morgan fingerprint density at radius 2 is 1.86 bits per heavy atom. The van der Waals surface area contributed by atoms with E-state index in [1.54, 1.807) is 6.92 Å². The number of benzene rings is 2. The molecule has 0 saturated carbocycles. The van der Waals surface area contributed by atoms with Crippen molar-refractivity contribution >= 4 is 34.3 Å². The molecule has 0 bridgehead atoms. The van der Waals surface area contributed by atoms with E-state index < -0.39 is 23.8 Å². The molecule has 0 spiro atoms. The molecule has 3 aromatic rings. The maximum Gasteiger partial charge on any atom is 0.250 e. The van der Waals surface area contributed by atoms with Gasteiger partial charge in [-0.3, -0.25) is 14.4 Å². The highest BCUT2D eigenvalue weighted by atomic mass is 32.1. The molecule has 8 nitrogen and oxygen atoms in total. The zero-order valence-corrected chi connectivity index (χ0v) is 20.9. The summed E-state index contributed by atoms with van der Waals surface area (Å²) in [4.78, 5) is 41.2. The Balaban J connectivity index is 1.55. The average Bonchev–Trinajstić information content (AvgIpc) is 3.57. The summed E-state index contributed by atoms with van der Waals surface area (Å²) in [5.41, 5.74) is 1.85. The molecule has 1 aliphatic rings. The van der Waals surface area contributed by atoms with E-state index in [1.165, 1.54) is 29.2 Å². The Morgan fingerprint density at radius 1 is 1.14 bits per heavy atom. The molecule has 0 unspecified atom stereocenters. The molecule has 36 heavy (non-hydrogen) atoms. The molecular formula is C26H28FN5O3S. The number of aromatic nitrogens is 2. The first-order valence-corrected chi connectivity index (χ1v) is 12.7. The lowest BCUT2D eigenvalue weighted by Gasteiger charge is -2.29. The summed E-state index contributed by atoms with van der Waals surface area (Å²) in [6, 6.07) is 13.1. The van der Waals surface area contributed by atoms with Crippen LogP contribution in [0.4, 0.5) is 9.39 Å². The standard InChI is InChI=1S/C26H28FN5O3S/c1-3-16(2)23(33)28-22(18-11-13-19(27)14-12-18)26(35)32-15-7-10-20(32)24(34)29-25-21(30-31-36-25)17-8-5-4-6-9-17/h4-6,8-9,11-14,16,20,22H,3,7,10,15H2,1-2H3,(H,28,33)(H,29,34)/t16-,20+,22+/m1/s1. The Kier molecular flexibility index (Phi) is 8.04. The summed E-state index contributed by atoms with van der Waals surface area (Å²) < 4.78 is 17.5. The summed E-state index contributed by atoms with van der Waals surface area (Å²) in [6.45, 7) is 4.04. The van der Waals surface area contributed by atoms with Crippen molar-refractivity contribution in [3.05, 3.63) is 66.0 Å². The van der Waals surface area contributed by atoms with Crippen molar-refractivity contribution in [2.45, 2.75) is 45.2 Å². The predicted octanol–water partition coefficient (Wildman–Crippen LogP) is 4.18. The zero-order valence-electron chi connectivity index (χ0n) is 20.1. The molecular weight excluding hydrogens is 481 g/mol. The monoisotopic (exact) mass is 509 g/mol. The minimum atomic E-state index is -1.02. The molecule has 2 heterocycles. The number of carbonyl (C=O) groups is 3. The fourth-order valence-corrected chi connectivity index (χ4v) is 4.73. The third-order valence-corrected chi connectivity index (χ3v) is 7.05. The normalized spacial score (nSPS) is 16.9. The number of hydrogen-bond acceptors (Lipinski definition) is 6. The smallest absolute Gasteiger partial charge is 0.250 e. The SMILES string of the molecule is CC[C@@H](C)C(=O)N[C@H](C(=O)N1CCC[C@H]1C(=O)Nc1snnc1-c1ccccc1)c1ccc(F)cc1. The van der Waals surface area contributed by atoms with Crippen LogP contribution in [-0.2, 0) is 14.4 Å². The highest BCUT2D eigenvalue weighted by Crippen LogP contribution is 2.30. The van der Waals surface area contributed by atoms with Crippen LogP contribution in [0.1, 0.15) is 44.7 Å². The molecule has 1 aromatic heterocycles. The first kappa shape index (κ1) is 25.4. The quantitative estimate of drug-likeness (QED) is 0.474. The van der Waals surface area contributed by atoms with Crippen LogP contribution in [0.15, 0.2) is 54.6 Å². The van der Waals surface area contributed by atoms with E-state index >= 15 is 0 Å². The van der Waals surface area contributed by atoms with Crippen LogP contribution in [-0.4, -0.2) is 44.8 Å². The molecule has 1 saturated heterocycles. The van der Waals surface area contributed by atoms with Gasteiger partial charge >= 0.3 is 0 Å². The minimum absolute atomic E-state index is 0.274. The maximum atomic E-state index is 13.7. The lowest BCUT2D eigenvalue weighted by atomic mass is 10.0. The fourth-order valence-electron chi connectivity index (χ4n) is 4.13. The van der Waals surface area contributed by atoms with Crippen LogP contribution >= 0.6 is 11.5 Å². The molecule has 2 aromatic carbocycles. The molecule has 0 radical (unpaired) electrons. The Bertz CT molecular complexity index is 1220. The molecule has 3 amide bonds. The van der Waals surface area contributed by atoms with Crippen molar-refractivity contribution in [3.8, 4) is 11.3 Å². The van der Waals surface area contributed by atoms with E-state index in [4.69, 9.17) is 0 Å². The van der Waals surface area contributed by atoms with Crippen LogP contribution in [0.5, 0.6) is 0 Å². The third kappa shape index (κ3) is 5.59. The second-order valence-electron chi connectivity index (χ2n) is 8.80. The number of nitrogens with zero attached hydrogens (tertiary/aromatic N) is 3. The summed E-state index contributed by atoms with van der Waals surface area (Å²) in [7, 11) is 0. The highest BCUT2D eigenvalue weighted by molar-refractivity contribution is 7.10. The molecule has 1 aliphatic heterocycles. The van der Waals surface area contributed by atoms with Gasteiger partial charge in [0.15, 0.2) is 0 Å². The molecule has 1 fully saturated rings.